The first-order valence-electron chi connectivity index (χ1n) is 5.91. The lowest BCUT2D eigenvalue weighted by atomic mass is 9.71. The summed E-state index contributed by atoms with van der Waals surface area (Å²) in [7, 11) is 0. The van der Waals surface area contributed by atoms with Crippen molar-refractivity contribution >= 4 is 17.5 Å². The molecule has 1 aliphatic rings. The SMILES string of the molecule is CC1C=C(c2ccccc2)C=CC1(C(=O)O)C(=O)O. The monoisotopic (exact) mass is 258 g/mol. The standard InChI is InChI=1S/C15H14O4/c1-10-9-12(11-5-3-2-4-6-11)7-8-15(10,13(16)17)14(18)19/h2-10H,1H3,(H,16,17)(H,18,19). The van der Waals surface area contributed by atoms with Gasteiger partial charge in [-0.25, -0.2) is 0 Å². The van der Waals surface area contributed by atoms with Crippen LogP contribution in [0.15, 0.2) is 48.6 Å². The van der Waals surface area contributed by atoms with Gasteiger partial charge in [0.25, 0.3) is 0 Å². The van der Waals surface area contributed by atoms with Crippen LogP contribution >= 0.6 is 0 Å². The first-order chi connectivity index (χ1) is 8.98. The van der Waals surface area contributed by atoms with Crippen LogP contribution in [0.5, 0.6) is 0 Å². The first kappa shape index (κ1) is 13.1. The van der Waals surface area contributed by atoms with Crippen LogP contribution in [-0.2, 0) is 9.59 Å². The van der Waals surface area contributed by atoms with Gasteiger partial charge in [0.1, 0.15) is 0 Å². The molecule has 0 aromatic heterocycles. The average Bonchev–Trinajstić information content (AvgIpc) is 2.39. The van der Waals surface area contributed by atoms with Crippen molar-refractivity contribution in [3.63, 3.8) is 0 Å². The second-order valence-corrected chi connectivity index (χ2v) is 4.59. The van der Waals surface area contributed by atoms with Crippen LogP contribution in [0.3, 0.4) is 0 Å². The van der Waals surface area contributed by atoms with Gasteiger partial charge >= 0.3 is 11.9 Å². The van der Waals surface area contributed by atoms with E-state index < -0.39 is 23.3 Å². The molecule has 1 unspecified atom stereocenters. The number of benzene rings is 1. The van der Waals surface area contributed by atoms with Gasteiger partial charge in [0.15, 0.2) is 5.41 Å². The topological polar surface area (TPSA) is 74.6 Å². The zero-order valence-electron chi connectivity index (χ0n) is 10.4. The van der Waals surface area contributed by atoms with Crippen molar-refractivity contribution in [1.82, 2.24) is 0 Å². The highest BCUT2D eigenvalue weighted by Gasteiger charge is 2.49. The molecule has 0 spiro atoms. The molecule has 98 valence electrons. The maximum absolute atomic E-state index is 11.3. The lowest BCUT2D eigenvalue weighted by Crippen LogP contribution is -2.43. The fraction of sp³-hybridized carbons (Fsp3) is 0.200. The number of hydrogen-bond donors (Lipinski definition) is 2. The normalized spacial score (nSPS) is 20.7. The van der Waals surface area contributed by atoms with Crippen molar-refractivity contribution in [2.45, 2.75) is 6.92 Å². The summed E-state index contributed by atoms with van der Waals surface area (Å²) in [6, 6.07) is 9.45. The molecule has 0 fully saturated rings. The van der Waals surface area contributed by atoms with Crippen LogP contribution in [0.1, 0.15) is 12.5 Å². The number of hydrogen-bond acceptors (Lipinski definition) is 2. The van der Waals surface area contributed by atoms with Gasteiger partial charge in [-0.3, -0.25) is 9.59 Å². The Labute approximate surface area is 110 Å². The van der Waals surface area contributed by atoms with E-state index in [9.17, 15) is 19.8 Å². The van der Waals surface area contributed by atoms with Gasteiger partial charge in [-0.2, -0.15) is 0 Å². The fourth-order valence-electron chi connectivity index (χ4n) is 2.28. The molecule has 0 radical (unpaired) electrons. The van der Waals surface area contributed by atoms with Crippen molar-refractivity contribution in [2.24, 2.45) is 11.3 Å². The van der Waals surface area contributed by atoms with Gasteiger partial charge in [-0.15, -0.1) is 0 Å². The molecular formula is C15H14O4. The van der Waals surface area contributed by atoms with Gasteiger partial charge in [0, 0.05) is 5.92 Å². The Morgan fingerprint density at radius 1 is 1.11 bits per heavy atom. The number of allylic oxidation sites excluding steroid dienone is 3. The van der Waals surface area contributed by atoms with Crippen LogP contribution in [0.25, 0.3) is 5.57 Å². The Kier molecular flexibility index (Phi) is 3.25. The molecule has 0 heterocycles. The minimum Gasteiger partial charge on any atom is -0.480 e. The molecule has 0 bridgehead atoms. The zero-order chi connectivity index (χ0) is 14.0. The summed E-state index contributed by atoms with van der Waals surface area (Å²) in [4.78, 5) is 22.6. The fourth-order valence-corrected chi connectivity index (χ4v) is 2.28. The number of carboxylic acid groups (broad SMARTS) is 2. The number of carbonyl (C=O) groups is 2. The molecule has 1 aliphatic carbocycles. The van der Waals surface area contributed by atoms with E-state index in [0.29, 0.717) is 0 Å². The molecule has 0 aliphatic heterocycles. The molecule has 1 aromatic carbocycles. The maximum atomic E-state index is 11.3. The molecule has 4 heteroatoms. The zero-order valence-corrected chi connectivity index (χ0v) is 10.4. The van der Waals surface area contributed by atoms with Crippen molar-refractivity contribution in [3.8, 4) is 0 Å². The molecule has 0 saturated carbocycles. The molecule has 1 aromatic rings. The predicted molar refractivity (Wildman–Crippen MR) is 70.4 cm³/mol. The van der Waals surface area contributed by atoms with Crippen LogP contribution in [0.4, 0.5) is 0 Å². The van der Waals surface area contributed by atoms with Crippen molar-refractivity contribution in [1.29, 1.82) is 0 Å². The van der Waals surface area contributed by atoms with Gasteiger partial charge < -0.3 is 10.2 Å². The Morgan fingerprint density at radius 3 is 2.16 bits per heavy atom. The molecule has 19 heavy (non-hydrogen) atoms. The Morgan fingerprint density at radius 2 is 1.68 bits per heavy atom. The molecule has 2 N–H and O–H groups in total. The number of rotatable bonds is 3. The maximum Gasteiger partial charge on any atom is 0.325 e. The van der Waals surface area contributed by atoms with Crippen LogP contribution in [-0.4, -0.2) is 22.2 Å². The summed E-state index contributed by atoms with van der Waals surface area (Å²) in [6.45, 7) is 1.61. The van der Waals surface area contributed by atoms with E-state index in [1.807, 2.05) is 30.3 Å². The highest BCUT2D eigenvalue weighted by molar-refractivity contribution is 6.02. The van der Waals surface area contributed by atoms with Gasteiger partial charge in [-0.1, -0.05) is 55.5 Å². The molecule has 0 amide bonds. The van der Waals surface area contributed by atoms with Crippen LogP contribution in [0.2, 0.25) is 0 Å². The summed E-state index contributed by atoms with van der Waals surface area (Å²) in [5, 5.41) is 18.5. The quantitative estimate of drug-likeness (QED) is 0.816. The molecule has 2 rings (SSSR count). The summed E-state index contributed by atoms with van der Waals surface area (Å²) in [5.74, 6) is -3.30. The van der Waals surface area contributed by atoms with Crippen molar-refractivity contribution < 1.29 is 19.8 Å². The molecule has 1 atom stereocenters. The van der Waals surface area contributed by atoms with E-state index in [4.69, 9.17) is 0 Å². The minimum absolute atomic E-state index is 0.622. The minimum atomic E-state index is -1.88. The van der Waals surface area contributed by atoms with Gasteiger partial charge in [0.2, 0.25) is 0 Å². The number of aliphatic carboxylic acids is 2. The number of carboxylic acids is 2. The van der Waals surface area contributed by atoms with E-state index in [0.717, 1.165) is 11.1 Å². The molecular weight excluding hydrogens is 244 g/mol. The molecule has 0 saturated heterocycles. The summed E-state index contributed by atoms with van der Waals surface area (Å²) in [5.41, 5.74) is -0.0978. The average molecular weight is 258 g/mol. The third kappa shape index (κ3) is 2.05. The lowest BCUT2D eigenvalue weighted by molar-refractivity contribution is -0.163. The van der Waals surface area contributed by atoms with Crippen LogP contribution < -0.4 is 0 Å². The highest BCUT2D eigenvalue weighted by Crippen LogP contribution is 2.38. The van der Waals surface area contributed by atoms with Gasteiger partial charge in [-0.05, 0) is 11.1 Å². The first-order valence-corrected chi connectivity index (χ1v) is 5.91. The second kappa shape index (κ2) is 4.72. The predicted octanol–water partition coefficient (Wildman–Crippen LogP) is 2.43. The van der Waals surface area contributed by atoms with E-state index in [1.165, 1.54) is 6.08 Å². The third-order valence-corrected chi connectivity index (χ3v) is 3.49. The Bertz CT molecular complexity index is 555. The summed E-state index contributed by atoms with van der Waals surface area (Å²) >= 11 is 0. The third-order valence-electron chi connectivity index (χ3n) is 3.49. The van der Waals surface area contributed by atoms with E-state index >= 15 is 0 Å². The van der Waals surface area contributed by atoms with Crippen LogP contribution in [0, 0.1) is 11.3 Å². The Hall–Kier alpha value is -2.36. The smallest absolute Gasteiger partial charge is 0.325 e. The Balaban J connectivity index is 2.42. The molecule has 4 nitrogen and oxygen atoms in total. The lowest BCUT2D eigenvalue weighted by Gasteiger charge is -2.29. The summed E-state index contributed by atoms with van der Waals surface area (Å²) < 4.78 is 0. The largest absolute Gasteiger partial charge is 0.480 e. The van der Waals surface area contributed by atoms with E-state index in [2.05, 4.69) is 0 Å². The summed E-state index contributed by atoms with van der Waals surface area (Å²) in [6.07, 6.45) is 4.53. The second-order valence-electron chi connectivity index (χ2n) is 4.59. The highest BCUT2D eigenvalue weighted by atomic mass is 16.4. The van der Waals surface area contributed by atoms with Gasteiger partial charge in [0.05, 0.1) is 0 Å². The van der Waals surface area contributed by atoms with Crippen molar-refractivity contribution in [2.75, 3.05) is 0 Å². The van der Waals surface area contributed by atoms with E-state index in [-0.39, 0.29) is 0 Å². The van der Waals surface area contributed by atoms with E-state index in [1.54, 1.807) is 19.1 Å². The van der Waals surface area contributed by atoms with Crippen molar-refractivity contribution in [3.05, 3.63) is 54.1 Å².